The first-order valence-electron chi connectivity index (χ1n) is 9.85. The highest BCUT2D eigenvalue weighted by molar-refractivity contribution is 8.02. The Bertz CT molecular complexity index is 1430. The van der Waals surface area contributed by atoms with Crippen molar-refractivity contribution in [3.8, 4) is 11.3 Å². The van der Waals surface area contributed by atoms with Gasteiger partial charge in [-0.2, -0.15) is 0 Å². The lowest BCUT2D eigenvalue weighted by molar-refractivity contribution is 0.578. The van der Waals surface area contributed by atoms with Gasteiger partial charge in [0.15, 0.2) is 0 Å². The van der Waals surface area contributed by atoms with Crippen LogP contribution in [0.1, 0.15) is 31.9 Å². The molecule has 5 rings (SSSR count). The van der Waals surface area contributed by atoms with Crippen molar-refractivity contribution in [1.29, 1.82) is 0 Å². The minimum absolute atomic E-state index is 0.0360. The van der Waals surface area contributed by atoms with Crippen molar-refractivity contribution in [2.24, 2.45) is 0 Å². The van der Waals surface area contributed by atoms with Crippen LogP contribution in [0.3, 0.4) is 0 Å². The zero-order valence-corrected chi connectivity index (χ0v) is 19.9. The van der Waals surface area contributed by atoms with E-state index in [0.717, 1.165) is 21.5 Å². The lowest BCUT2D eigenvalue weighted by Gasteiger charge is -2.23. The summed E-state index contributed by atoms with van der Waals surface area (Å²) in [4.78, 5) is 10.7. The number of rotatable bonds is 3. The van der Waals surface area contributed by atoms with Gasteiger partial charge in [-0.25, -0.2) is 9.97 Å². The molecule has 5 heteroatoms. The highest BCUT2D eigenvalue weighted by atomic mass is 32.2. The summed E-state index contributed by atoms with van der Waals surface area (Å²) >= 11 is 5.32. The molecule has 0 amide bonds. The molecule has 0 radical (unpaired) electrons. The second kappa shape index (κ2) is 7.19. The predicted molar refractivity (Wildman–Crippen MR) is 135 cm³/mol. The molecule has 0 saturated heterocycles. The van der Waals surface area contributed by atoms with Gasteiger partial charge in [0.05, 0.1) is 25.3 Å². The van der Waals surface area contributed by atoms with Gasteiger partial charge in [-0.3, -0.25) is 0 Å². The van der Waals surface area contributed by atoms with E-state index in [4.69, 9.17) is 4.98 Å². The van der Waals surface area contributed by atoms with Crippen molar-refractivity contribution in [2.45, 2.75) is 38.0 Å². The van der Waals surface area contributed by atoms with Crippen LogP contribution in [-0.2, 0) is 5.41 Å². The van der Waals surface area contributed by atoms with Crippen LogP contribution in [0.4, 0.5) is 0 Å². The molecule has 0 fully saturated rings. The first-order valence-corrected chi connectivity index (χ1v) is 12.4. The highest BCUT2D eigenvalue weighted by Gasteiger charge is 2.21. The molecule has 0 bridgehead atoms. The number of fused-ring (bicyclic) bond motifs is 5. The fraction of sp³-hybridized carbons (Fsp3) is 0.200. The Hall–Kier alpha value is -2.21. The molecule has 5 aromatic rings. The van der Waals surface area contributed by atoms with E-state index in [9.17, 15) is 0 Å². The number of hydrogen-bond donors (Lipinski definition) is 0. The smallest absolute Gasteiger partial charge is 0.116 e. The largest absolute Gasteiger partial charge is 0.235 e. The normalized spacial score (nSPS) is 12.3. The fourth-order valence-electron chi connectivity index (χ4n) is 3.91. The van der Waals surface area contributed by atoms with Gasteiger partial charge >= 0.3 is 0 Å². The lowest BCUT2D eigenvalue weighted by atomic mass is 9.85. The van der Waals surface area contributed by atoms with Crippen LogP contribution in [0, 0.1) is 6.92 Å². The predicted octanol–water partition coefficient (Wildman–Crippen LogP) is 8.57. The van der Waals surface area contributed by atoms with Gasteiger partial charge in [-0.05, 0) is 51.8 Å². The Morgan fingerprint density at radius 2 is 1.80 bits per heavy atom. The summed E-state index contributed by atoms with van der Waals surface area (Å²) in [5.74, 6) is 0. The summed E-state index contributed by atoms with van der Waals surface area (Å²) in [5, 5.41) is 6.71. The molecular formula is C25H22N2S3. The molecule has 0 aliphatic rings. The minimum atomic E-state index is 0.0360. The van der Waals surface area contributed by atoms with Crippen molar-refractivity contribution < 1.29 is 0 Å². The fourth-order valence-corrected chi connectivity index (χ4v) is 7.20. The van der Waals surface area contributed by atoms with E-state index >= 15 is 0 Å². The van der Waals surface area contributed by atoms with E-state index < -0.39 is 0 Å². The van der Waals surface area contributed by atoms with E-state index in [2.05, 4.69) is 75.0 Å². The summed E-state index contributed by atoms with van der Waals surface area (Å²) in [6.45, 7) is 12.8. The Labute approximate surface area is 188 Å². The van der Waals surface area contributed by atoms with Crippen LogP contribution in [0.15, 0.2) is 58.9 Å². The maximum absolute atomic E-state index is 4.73. The van der Waals surface area contributed by atoms with Gasteiger partial charge in [0, 0.05) is 15.8 Å². The van der Waals surface area contributed by atoms with E-state index in [1.807, 2.05) is 28.1 Å². The van der Waals surface area contributed by atoms with Crippen molar-refractivity contribution in [3.05, 3.63) is 65.2 Å². The Morgan fingerprint density at radius 1 is 1.00 bits per heavy atom. The molecule has 0 aliphatic heterocycles. The summed E-state index contributed by atoms with van der Waals surface area (Å²) in [5.41, 5.74) is 5.90. The second-order valence-electron chi connectivity index (χ2n) is 8.49. The molecule has 30 heavy (non-hydrogen) atoms. The Morgan fingerprint density at radius 3 is 2.57 bits per heavy atom. The van der Waals surface area contributed by atoms with Crippen LogP contribution < -0.4 is 0 Å². The molecule has 2 aromatic carbocycles. The van der Waals surface area contributed by atoms with Crippen molar-refractivity contribution in [2.75, 3.05) is 0 Å². The van der Waals surface area contributed by atoms with Crippen LogP contribution >= 0.6 is 34.4 Å². The Balaban J connectivity index is 1.79. The molecule has 150 valence electrons. The molecule has 0 saturated carbocycles. The van der Waals surface area contributed by atoms with Gasteiger partial charge in [0.25, 0.3) is 0 Å². The molecule has 0 aliphatic carbocycles. The maximum Gasteiger partial charge on any atom is 0.116 e. The zero-order chi connectivity index (χ0) is 21.0. The molecule has 3 heterocycles. The number of aryl methyl sites for hydroxylation is 1. The van der Waals surface area contributed by atoms with Gasteiger partial charge in [0.1, 0.15) is 6.33 Å². The zero-order valence-electron chi connectivity index (χ0n) is 17.4. The third-order valence-corrected chi connectivity index (χ3v) is 8.68. The molecule has 0 atom stereocenters. The van der Waals surface area contributed by atoms with Gasteiger partial charge in [-0.1, -0.05) is 57.3 Å². The van der Waals surface area contributed by atoms with Crippen molar-refractivity contribution in [1.82, 2.24) is 9.97 Å². The monoisotopic (exact) mass is 446 g/mol. The van der Waals surface area contributed by atoms with E-state index in [1.165, 1.54) is 36.2 Å². The van der Waals surface area contributed by atoms with Gasteiger partial charge in [-0.15, -0.1) is 22.7 Å². The van der Waals surface area contributed by atoms with Crippen LogP contribution in [0.5, 0.6) is 0 Å². The maximum atomic E-state index is 4.73. The Kier molecular flexibility index (Phi) is 4.73. The van der Waals surface area contributed by atoms with Crippen LogP contribution in [-0.4, -0.2) is 9.97 Å². The summed E-state index contributed by atoms with van der Waals surface area (Å²) in [6.07, 6.45) is 1.71. The first kappa shape index (κ1) is 19.7. The number of hydrogen-bond acceptors (Lipinski definition) is 5. The van der Waals surface area contributed by atoms with E-state index in [-0.39, 0.29) is 5.41 Å². The first-order chi connectivity index (χ1) is 14.4. The molecular weight excluding hydrogens is 424 g/mol. The quantitative estimate of drug-likeness (QED) is 0.260. The summed E-state index contributed by atoms with van der Waals surface area (Å²) < 4.78 is 3.83. The molecule has 0 N–H and O–H groups in total. The third-order valence-electron chi connectivity index (χ3n) is 5.42. The van der Waals surface area contributed by atoms with Crippen molar-refractivity contribution in [3.63, 3.8) is 0 Å². The van der Waals surface area contributed by atoms with Crippen molar-refractivity contribution >= 4 is 64.8 Å². The topological polar surface area (TPSA) is 25.8 Å². The molecule has 3 aromatic heterocycles. The van der Waals surface area contributed by atoms with Gasteiger partial charge < -0.3 is 0 Å². The number of thioether (sulfide) groups is 1. The number of benzene rings is 2. The number of aromatic nitrogens is 2. The molecule has 2 nitrogen and oxygen atoms in total. The third kappa shape index (κ3) is 3.08. The van der Waals surface area contributed by atoms with E-state index in [1.54, 1.807) is 18.1 Å². The average molecular weight is 447 g/mol. The standard InChI is InChI=1S/C25H22N2S3/c1-6-28-19-10-7-15(11-18(19)25(3,4)5)20-24-21(27-13-26-20)17-9-8-16-14(2)12-29-22(16)23(17)30-24/h6-13H,1H2,2-5H3. The molecule has 0 spiro atoms. The van der Waals surface area contributed by atoms with E-state index in [0.29, 0.717) is 0 Å². The minimum Gasteiger partial charge on any atom is -0.235 e. The second-order valence-corrected chi connectivity index (χ2v) is 11.4. The average Bonchev–Trinajstić information content (AvgIpc) is 3.28. The van der Waals surface area contributed by atoms with Crippen LogP contribution in [0.2, 0.25) is 0 Å². The number of thiophene rings is 2. The summed E-state index contributed by atoms with van der Waals surface area (Å²) in [7, 11) is 0. The van der Waals surface area contributed by atoms with Gasteiger partial charge in [0.2, 0.25) is 0 Å². The van der Waals surface area contributed by atoms with Crippen LogP contribution in [0.25, 0.3) is 41.6 Å². The number of nitrogens with zero attached hydrogens (tertiary/aromatic N) is 2. The lowest BCUT2D eigenvalue weighted by Crippen LogP contribution is -2.12. The summed E-state index contributed by atoms with van der Waals surface area (Å²) in [6, 6.07) is 11.1. The SMILES string of the molecule is C=CSc1ccc(-c2ncnc3c2sc2c3ccc3c(C)csc32)cc1C(C)(C)C. The molecule has 0 unspecified atom stereocenters. The highest BCUT2D eigenvalue weighted by Crippen LogP contribution is 2.44.